The van der Waals surface area contributed by atoms with E-state index in [2.05, 4.69) is 18.7 Å². The van der Waals surface area contributed by atoms with Crippen LogP contribution < -0.4 is 0 Å². The van der Waals surface area contributed by atoms with Crippen molar-refractivity contribution in [1.29, 1.82) is 0 Å². The monoisotopic (exact) mass is 181 g/mol. The zero-order valence-corrected chi connectivity index (χ0v) is 8.62. The molecule has 0 aromatic carbocycles. The van der Waals surface area contributed by atoms with Crippen molar-refractivity contribution < 1.29 is 4.74 Å². The maximum absolute atomic E-state index is 5.79. The SMILES string of the molecule is CC1(C)C2OCCC2C1N1CCC1. The van der Waals surface area contributed by atoms with Crippen molar-refractivity contribution in [2.24, 2.45) is 11.3 Å². The molecule has 0 radical (unpaired) electrons. The van der Waals surface area contributed by atoms with Crippen molar-refractivity contribution in [1.82, 2.24) is 4.90 Å². The molecule has 0 amide bonds. The highest BCUT2D eigenvalue weighted by molar-refractivity contribution is 5.12. The fourth-order valence-electron chi connectivity index (χ4n) is 3.66. The lowest BCUT2D eigenvalue weighted by atomic mass is 9.56. The van der Waals surface area contributed by atoms with E-state index >= 15 is 0 Å². The highest BCUT2D eigenvalue weighted by Crippen LogP contribution is 2.55. The summed E-state index contributed by atoms with van der Waals surface area (Å²) in [7, 11) is 0. The van der Waals surface area contributed by atoms with Crippen LogP contribution in [-0.4, -0.2) is 36.7 Å². The van der Waals surface area contributed by atoms with E-state index in [0.717, 1.165) is 18.6 Å². The van der Waals surface area contributed by atoms with Crippen LogP contribution in [0.25, 0.3) is 0 Å². The summed E-state index contributed by atoms with van der Waals surface area (Å²) in [6.45, 7) is 8.42. The quantitative estimate of drug-likeness (QED) is 0.608. The summed E-state index contributed by atoms with van der Waals surface area (Å²) in [6, 6.07) is 0.828. The van der Waals surface area contributed by atoms with Crippen LogP contribution in [0, 0.1) is 11.3 Å². The third kappa shape index (κ3) is 0.909. The van der Waals surface area contributed by atoms with Gasteiger partial charge >= 0.3 is 0 Å². The van der Waals surface area contributed by atoms with E-state index in [9.17, 15) is 0 Å². The molecule has 0 aromatic heterocycles. The Morgan fingerprint density at radius 1 is 1.31 bits per heavy atom. The van der Waals surface area contributed by atoms with E-state index < -0.39 is 0 Å². The van der Waals surface area contributed by atoms with Gasteiger partial charge in [0.1, 0.15) is 0 Å². The highest BCUT2D eigenvalue weighted by Gasteiger charge is 2.61. The van der Waals surface area contributed by atoms with Gasteiger partial charge in [0.25, 0.3) is 0 Å². The predicted molar refractivity (Wildman–Crippen MR) is 51.6 cm³/mol. The van der Waals surface area contributed by atoms with E-state index in [1.165, 1.54) is 25.9 Å². The largest absolute Gasteiger partial charge is 0.377 e. The number of fused-ring (bicyclic) bond motifs is 1. The van der Waals surface area contributed by atoms with Gasteiger partial charge in [-0.2, -0.15) is 0 Å². The summed E-state index contributed by atoms with van der Waals surface area (Å²) in [5.74, 6) is 0.857. The van der Waals surface area contributed by atoms with Gasteiger partial charge in [-0.3, -0.25) is 4.90 Å². The Morgan fingerprint density at radius 2 is 2.08 bits per heavy atom. The summed E-state index contributed by atoms with van der Waals surface area (Å²) >= 11 is 0. The zero-order valence-electron chi connectivity index (χ0n) is 8.62. The molecule has 3 fully saturated rings. The van der Waals surface area contributed by atoms with Crippen LogP contribution in [0.3, 0.4) is 0 Å². The number of hydrogen-bond donors (Lipinski definition) is 0. The van der Waals surface area contributed by atoms with Gasteiger partial charge in [-0.05, 0) is 25.9 Å². The first kappa shape index (κ1) is 8.25. The van der Waals surface area contributed by atoms with E-state index in [1.807, 2.05) is 0 Å². The van der Waals surface area contributed by atoms with Crippen LogP contribution in [-0.2, 0) is 4.74 Å². The molecule has 2 aliphatic heterocycles. The molecule has 1 aliphatic carbocycles. The van der Waals surface area contributed by atoms with Crippen molar-refractivity contribution in [2.45, 2.75) is 38.8 Å². The molecule has 2 nitrogen and oxygen atoms in total. The lowest BCUT2D eigenvalue weighted by Gasteiger charge is -2.60. The van der Waals surface area contributed by atoms with Gasteiger partial charge in [0, 0.05) is 24.0 Å². The Balaban J connectivity index is 1.79. The van der Waals surface area contributed by atoms with E-state index in [4.69, 9.17) is 4.74 Å². The molecule has 1 saturated carbocycles. The molecule has 2 heterocycles. The summed E-state index contributed by atoms with van der Waals surface area (Å²) in [5, 5.41) is 0. The van der Waals surface area contributed by atoms with Gasteiger partial charge < -0.3 is 4.74 Å². The molecule has 2 saturated heterocycles. The normalized spacial score (nSPS) is 48.0. The smallest absolute Gasteiger partial charge is 0.0685 e. The average Bonchev–Trinajstić information content (AvgIpc) is 2.41. The molecule has 2 heteroatoms. The van der Waals surface area contributed by atoms with Crippen LogP contribution in [0.4, 0.5) is 0 Å². The fourth-order valence-corrected chi connectivity index (χ4v) is 3.66. The maximum atomic E-state index is 5.79. The molecule has 0 aromatic rings. The third-order valence-electron chi connectivity index (χ3n) is 4.32. The second-order valence-corrected chi connectivity index (χ2v) is 5.40. The van der Waals surface area contributed by atoms with E-state index in [1.54, 1.807) is 0 Å². The lowest BCUT2D eigenvalue weighted by molar-refractivity contribution is -0.167. The molecular formula is C11H19NO. The van der Waals surface area contributed by atoms with Crippen molar-refractivity contribution in [3.8, 4) is 0 Å². The van der Waals surface area contributed by atoms with Crippen molar-refractivity contribution in [3.05, 3.63) is 0 Å². The number of ether oxygens (including phenoxy) is 1. The minimum atomic E-state index is 0.418. The van der Waals surface area contributed by atoms with Crippen molar-refractivity contribution >= 4 is 0 Å². The number of hydrogen-bond acceptors (Lipinski definition) is 2. The molecule has 74 valence electrons. The molecule has 3 atom stereocenters. The molecule has 3 rings (SSSR count). The van der Waals surface area contributed by atoms with E-state index in [0.29, 0.717) is 11.5 Å². The van der Waals surface area contributed by atoms with Crippen LogP contribution in [0.2, 0.25) is 0 Å². The second kappa shape index (κ2) is 2.48. The number of nitrogens with zero attached hydrogens (tertiary/aromatic N) is 1. The maximum Gasteiger partial charge on any atom is 0.0685 e. The summed E-state index contributed by atoms with van der Waals surface area (Å²) in [5.41, 5.74) is 0.418. The Bertz CT molecular complexity index is 222. The number of rotatable bonds is 1. The summed E-state index contributed by atoms with van der Waals surface area (Å²) in [4.78, 5) is 2.66. The van der Waals surface area contributed by atoms with Crippen molar-refractivity contribution in [2.75, 3.05) is 19.7 Å². The average molecular weight is 181 g/mol. The van der Waals surface area contributed by atoms with Crippen LogP contribution in [0.1, 0.15) is 26.7 Å². The van der Waals surface area contributed by atoms with Gasteiger partial charge in [-0.25, -0.2) is 0 Å². The Hall–Kier alpha value is -0.0800. The summed E-state index contributed by atoms with van der Waals surface area (Å²) in [6.07, 6.45) is 3.28. The first-order valence-corrected chi connectivity index (χ1v) is 5.57. The second-order valence-electron chi connectivity index (χ2n) is 5.40. The first-order valence-electron chi connectivity index (χ1n) is 5.57. The van der Waals surface area contributed by atoms with E-state index in [-0.39, 0.29) is 0 Å². The van der Waals surface area contributed by atoms with Gasteiger partial charge in [0.2, 0.25) is 0 Å². The molecule has 3 aliphatic rings. The minimum absolute atomic E-state index is 0.418. The topological polar surface area (TPSA) is 12.5 Å². The van der Waals surface area contributed by atoms with Crippen molar-refractivity contribution in [3.63, 3.8) is 0 Å². The Kier molecular flexibility index (Phi) is 1.58. The molecule has 0 N–H and O–H groups in total. The summed E-state index contributed by atoms with van der Waals surface area (Å²) < 4.78 is 5.79. The first-order chi connectivity index (χ1) is 6.21. The third-order valence-corrected chi connectivity index (χ3v) is 4.32. The molecule has 13 heavy (non-hydrogen) atoms. The molecule has 0 spiro atoms. The number of likely N-dealkylation sites (tertiary alicyclic amines) is 1. The Labute approximate surface area is 80.2 Å². The lowest BCUT2D eigenvalue weighted by Crippen LogP contribution is -2.69. The van der Waals surface area contributed by atoms with Gasteiger partial charge in [-0.1, -0.05) is 13.8 Å². The fraction of sp³-hybridized carbons (Fsp3) is 1.00. The standard InChI is InChI=1S/C11H19NO/c1-11(2)9(12-5-3-6-12)8-4-7-13-10(8)11/h8-10H,3-7H2,1-2H3. The molecule has 0 bridgehead atoms. The zero-order chi connectivity index (χ0) is 9.05. The predicted octanol–water partition coefficient (Wildman–Crippen LogP) is 1.51. The van der Waals surface area contributed by atoms with Gasteiger partial charge in [0.05, 0.1) is 6.10 Å². The van der Waals surface area contributed by atoms with Crippen LogP contribution >= 0.6 is 0 Å². The van der Waals surface area contributed by atoms with Gasteiger partial charge in [-0.15, -0.1) is 0 Å². The van der Waals surface area contributed by atoms with Crippen LogP contribution in [0.15, 0.2) is 0 Å². The molecular weight excluding hydrogens is 162 g/mol. The van der Waals surface area contributed by atoms with Crippen LogP contribution in [0.5, 0.6) is 0 Å². The highest BCUT2D eigenvalue weighted by atomic mass is 16.5. The Morgan fingerprint density at radius 3 is 2.69 bits per heavy atom. The molecule has 3 unspecified atom stereocenters. The van der Waals surface area contributed by atoms with Gasteiger partial charge in [0.15, 0.2) is 0 Å². The minimum Gasteiger partial charge on any atom is -0.377 e.